The molecule has 1 amide bonds. The van der Waals surface area contributed by atoms with Crippen molar-refractivity contribution in [2.24, 2.45) is 5.92 Å². The van der Waals surface area contributed by atoms with Crippen molar-refractivity contribution in [3.8, 4) is 11.5 Å². The first-order valence-electron chi connectivity index (χ1n) is 12.7. The molecule has 3 aromatic carbocycles. The summed E-state index contributed by atoms with van der Waals surface area (Å²) in [6.07, 6.45) is 0.871. The van der Waals surface area contributed by atoms with E-state index in [0.717, 1.165) is 23.1 Å². The number of hydrogen-bond donors (Lipinski definition) is 2. The lowest BCUT2D eigenvalue weighted by atomic mass is 9.93. The third-order valence-electron chi connectivity index (χ3n) is 6.21. The number of nitrogens with one attached hydrogen (secondary N) is 1. The highest BCUT2D eigenvalue weighted by Crippen LogP contribution is 2.27. The van der Waals surface area contributed by atoms with Gasteiger partial charge in [-0.1, -0.05) is 55.3 Å². The van der Waals surface area contributed by atoms with Gasteiger partial charge in [0, 0.05) is 12.0 Å². The first-order valence-corrected chi connectivity index (χ1v) is 12.7. The zero-order valence-corrected chi connectivity index (χ0v) is 22.6. The molecule has 1 unspecified atom stereocenters. The number of carboxylic acid groups (broad SMARTS) is 1. The number of benzene rings is 3. The number of aliphatic carboxylic acids is 1. The van der Waals surface area contributed by atoms with Crippen LogP contribution in [0.3, 0.4) is 0 Å². The van der Waals surface area contributed by atoms with E-state index < -0.39 is 11.8 Å². The average Bonchev–Trinajstić information content (AvgIpc) is 2.85. The maximum Gasteiger partial charge on any atom is 0.303 e. The zero-order valence-electron chi connectivity index (χ0n) is 22.6. The van der Waals surface area contributed by atoms with E-state index in [1.54, 1.807) is 30.3 Å². The van der Waals surface area contributed by atoms with Crippen molar-refractivity contribution < 1.29 is 28.6 Å². The number of rotatable bonds is 12. The lowest BCUT2D eigenvalue weighted by Crippen LogP contribution is -2.30. The molecule has 38 heavy (non-hydrogen) atoms. The van der Waals surface area contributed by atoms with Crippen molar-refractivity contribution in [3.63, 3.8) is 0 Å². The molecule has 7 heteroatoms. The van der Waals surface area contributed by atoms with Crippen LogP contribution in [0, 0.1) is 25.6 Å². The molecule has 3 aromatic rings. The molecular formula is C31H36FNO5. The second-order valence-electron chi connectivity index (χ2n) is 10.0. The van der Waals surface area contributed by atoms with Gasteiger partial charge in [-0.25, -0.2) is 4.39 Å². The summed E-state index contributed by atoms with van der Waals surface area (Å²) in [5, 5.41) is 12.4. The second-order valence-corrected chi connectivity index (χ2v) is 10.0. The van der Waals surface area contributed by atoms with Crippen LogP contribution in [0.1, 0.15) is 70.9 Å². The third-order valence-corrected chi connectivity index (χ3v) is 6.21. The molecule has 2 N–H and O–H groups in total. The maximum atomic E-state index is 13.7. The standard InChI is InChI=1S/C31H36FNO5/c1-19(2)12-28(24-14-20(3)13-21(4)15-24)33-31(36)26-17-25(9-7-23(26)8-11-30(34)35)38-18-22-6-10-27(32)29(16-22)37-5/h6-7,9-10,13-17,19,28H,8,11-12,18H2,1-5H3,(H,33,36)(H,34,35). The number of carboxylic acids is 1. The highest BCUT2D eigenvalue weighted by Gasteiger charge is 2.21. The molecule has 0 fully saturated rings. The lowest BCUT2D eigenvalue weighted by molar-refractivity contribution is -0.136. The Kier molecular flexibility index (Phi) is 9.88. The van der Waals surface area contributed by atoms with Gasteiger partial charge in [0.1, 0.15) is 12.4 Å². The zero-order chi connectivity index (χ0) is 27.8. The molecule has 1 atom stereocenters. The van der Waals surface area contributed by atoms with Gasteiger partial charge in [0.25, 0.3) is 5.91 Å². The van der Waals surface area contributed by atoms with Crippen LogP contribution in [-0.2, 0) is 17.8 Å². The minimum Gasteiger partial charge on any atom is -0.494 e. The number of halogens is 1. The van der Waals surface area contributed by atoms with Crippen LogP contribution < -0.4 is 14.8 Å². The van der Waals surface area contributed by atoms with Crippen molar-refractivity contribution in [2.45, 2.75) is 59.6 Å². The first kappa shape index (κ1) is 28.7. The fourth-order valence-corrected chi connectivity index (χ4v) is 4.47. The number of aryl methyl sites for hydroxylation is 3. The van der Waals surface area contributed by atoms with Crippen molar-refractivity contribution in [1.82, 2.24) is 5.32 Å². The highest BCUT2D eigenvalue weighted by molar-refractivity contribution is 5.96. The molecule has 0 bridgehead atoms. The molecule has 0 aromatic heterocycles. The summed E-state index contributed by atoms with van der Waals surface area (Å²) in [5.41, 5.74) is 4.99. The van der Waals surface area contributed by atoms with Gasteiger partial charge in [-0.3, -0.25) is 9.59 Å². The van der Waals surface area contributed by atoms with E-state index >= 15 is 0 Å². The average molecular weight is 522 g/mol. The van der Waals surface area contributed by atoms with Gasteiger partial charge in [-0.15, -0.1) is 0 Å². The SMILES string of the molecule is COc1cc(COc2ccc(CCC(=O)O)c(C(=O)NC(CC(C)C)c3cc(C)cc(C)c3)c2)ccc1F. The van der Waals surface area contributed by atoms with E-state index in [9.17, 15) is 19.1 Å². The van der Waals surface area contributed by atoms with Crippen LogP contribution in [0.25, 0.3) is 0 Å². The number of carbonyl (C=O) groups is 2. The van der Waals surface area contributed by atoms with E-state index in [4.69, 9.17) is 9.47 Å². The summed E-state index contributed by atoms with van der Waals surface area (Å²) in [4.78, 5) is 24.9. The minimum atomic E-state index is -0.935. The topological polar surface area (TPSA) is 84.9 Å². The Labute approximate surface area is 223 Å². The maximum absolute atomic E-state index is 13.7. The van der Waals surface area contributed by atoms with E-state index in [1.807, 2.05) is 13.8 Å². The molecule has 0 saturated heterocycles. The predicted octanol–water partition coefficient (Wildman–Crippen LogP) is 6.56. The largest absolute Gasteiger partial charge is 0.494 e. The van der Waals surface area contributed by atoms with Gasteiger partial charge in [0.2, 0.25) is 0 Å². The number of methoxy groups -OCH3 is 1. The Bertz CT molecular complexity index is 1270. The van der Waals surface area contributed by atoms with Crippen LogP contribution in [0.15, 0.2) is 54.6 Å². The van der Waals surface area contributed by atoms with Crippen LogP contribution in [0.4, 0.5) is 4.39 Å². The number of hydrogen-bond acceptors (Lipinski definition) is 4. The molecule has 0 aliphatic rings. The van der Waals surface area contributed by atoms with E-state index in [1.165, 1.54) is 13.2 Å². The van der Waals surface area contributed by atoms with Crippen molar-refractivity contribution >= 4 is 11.9 Å². The van der Waals surface area contributed by atoms with Crippen LogP contribution in [-0.4, -0.2) is 24.1 Å². The van der Waals surface area contributed by atoms with Gasteiger partial charge >= 0.3 is 5.97 Å². The Balaban J connectivity index is 1.88. The van der Waals surface area contributed by atoms with Crippen LogP contribution in [0.5, 0.6) is 11.5 Å². The molecule has 0 aliphatic carbocycles. The fraction of sp³-hybridized carbons (Fsp3) is 0.355. The van der Waals surface area contributed by atoms with Gasteiger partial charge in [0.05, 0.1) is 13.2 Å². The summed E-state index contributed by atoms with van der Waals surface area (Å²) in [5.74, 6) is -0.770. The first-order chi connectivity index (χ1) is 18.0. The Hall–Kier alpha value is -3.87. The molecule has 3 rings (SSSR count). The quantitative estimate of drug-likeness (QED) is 0.282. The highest BCUT2D eigenvalue weighted by atomic mass is 19.1. The molecule has 0 saturated carbocycles. The molecule has 0 aliphatic heterocycles. The fourth-order valence-electron chi connectivity index (χ4n) is 4.47. The summed E-state index contributed by atoms with van der Waals surface area (Å²) in [6.45, 7) is 8.43. The summed E-state index contributed by atoms with van der Waals surface area (Å²) in [7, 11) is 1.40. The lowest BCUT2D eigenvalue weighted by Gasteiger charge is -2.23. The minimum absolute atomic E-state index is 0.0949. The number of carbonyl (C=O) groups excluding carboxylic acids is 1. The Morgan fingerprint density at radius 3 is 2.34 bits per heavy atom. The van der Waals surface area contributed by atoms with Gasteiger partial charge < -0.3 is 19.9 Å². The van der Waals surface area contributed by atoms with Crippen molar-refractivity contribution in [3.05, 3.63) is 93.8 Å². The summed E-state index contributed by atoms with van der Waals surface area (Å²) < 4.78 is 24.7. The van der Waals surface area contributed by atoms with E-state index in [-0.39, 0.29) is 37.1 Å². The predicted molar refractivity (Wildman–Crippen MR) is 145 cm³/mol. The molecule has 6 nitrogen and oxygen atoms in total. The normalized spacial score (nSPS) is 11.8. The molecule has 0 radical (unpaired) electrons. The molecule has 0 spiro atoms. The third kappa shape index (κ3) is 8.07. The monoisotopic (exact) mass is 521 g/mol. The van der Waals surface area contributed by atoms with Crippen LogP contribution in [0.2, 0.25) is 0 Å². The summed E-state index contributed by atoms with van der Waals surface area (Å²) in [6, 6.07) is 15.6. The van der Waals surface area contributed by atoms with Crippen molar-refractivity contribution in [1.29, 1.82) is 0 Å². The van der Waals surface area contributed by atoms with Gasteiger partial charge in [-0.2, -0.15) is 0 Å². The summed E-state index contributed by atoms with van der Waals surface area (Å²) >= 11 is 0. The van der Waals surface area contributed by atoms with Crippen molar-refractivity contribution in [2.75, 3.05) is 7.11 Å². The second kappa shape index (κ2) is 13.1. The Morgan fingerprint density at radius 2 is 1.71 bits per heavy atom. The van der Waals surface area contributed by atoms with E-state index in [2.05, 4.69) is 37.4 Å². The van der Waals surface area contributed by atoms with Gasteiger partial charge in [-0.05, 0) is 73.6 Å². The smallest absolute Gasteiger partial charge is 0.303 e. The number of amides is 1. The molecule has 202 valence electrons. The Morgan fingerprint density at radius 1 is 1.00 bits per heavy atom. The van der Waals surface area contributed by atoms with Crippen LogP contribution >= 0.6 is 0 Å². The number of ether oxygens (including phenoxy) is 2. The van der Waals surface area contributed by atoms with Gasteiger partial charge in [0.15, 0.2) is 11.6 Å². The molecular weight excluding hydrogens is 485 g/mol. The van der Waals surface area contributed by atoms with E-state index in [0.29, 0.717) is 28.4 Å². The molecule has 0 heterocycles.